The molecule has 0 aliphatic rings. The fraction of sp³-hybridized carbons (Fsp3) is 0.500. The van der Waals surface area contributed by atoms with Gasteiger partial charge in [-0.1, -0.05) is 6.92 Å². The Morgan fingerprint density at radius 1 is 1.20 bits per heavy atom. The van der Waals surface area contributed by atoms with Crippen molar-refractivity contribution in [1.82, 2.24) is 14.9 Å². The minimum atomic E-state index is -3.78. The van der Waals surface area contributed by atoms with E-state index in [2.05, 4.69) is 16.0 Å². The number of amides is 2. The topological polar surface area (TPSA) is 108 Å². The SMILES string of the molecule is CCN[C@H](C)CNC(=O)CN(C)S(=O)(=O)c1ccc(NC(C)=O)cc1. The molecule has 1 rings (SSSR count). The monoisotopic (exact) mass is 370 g/mol. The molecule has 25 heavy (non-hydrogen) atoms. The Morgan fingerprint density at radius 2 is 1.80 bits per heavy atom. The Labute approximate surface area is 149 Å². The van der Waals surface area contributed by atoms with E-state index in [0.29, 0.717) is 12.2 Å². The van der Waals surface area contributed by atoms with Gasteiger partial charge in [0.25, 0.3) is 0 Å². The van der Waals surface area contributed by atoms with Crippen LogP contribution in [0.15, 0.2) is 29.2 Å². The van der Waals surface area contributed by atoms with E-state index in [4.69, 9.17) is 0 Å². The minimum absolute atomic E-state index is 0.0536. The number of carbonyl (C=O) groups is 2. The molecular weight excluding hydrogens is 344 g/mol. The number of hydrogen-bond acceptors (Lipinski definition) is 5. The maximum Gasteiger partial charge on any atom is 0.243 e. The highest BCUT2D eigenvalue weighted by atomic mass is 32.2. The molecule has 9 heteroatoms. The lowest BCUT2D eigenvalue weighted by Gasteiger charge is -2.18. The van der Waals surface area contributed by atoms with Crippen molar-refractivity contribution in [1.29, 1.82) is 0 Å². The molecular formula is C16H26N4O4S. The minimum Gasteiger partial charge on any atom is -0.353 e. The Morgan fingerprint density at radius 3 is 2.32 bits per heavy atom. The van der Waals surface area contributed by atoms with E-state index in [9.17, 15) is 18.0 Å². The maximum absolute atomic E-state index is 12.5. The van der Waals surface area contributed by atoms with Gasteiger partial charge in [0.1, 0.15) is 0 Å². The highest BCUT2D eigenvalue weighted by Gasteiger charge is 2.23. The van der Waals surface area contributed by atoms with Gasteiger partial charge in [-0.15, -0.1) is 0 Å². The van der Waals surface area contributed by atoms with Gasteiger partial charge in [0.15, 0.2) is 0 Å². The number of hydrogen-bond donors (Lipinski definition) is 3. The van der Waals surface area contributed by atoms with Crippen molar-refractivity contribution >= 4 is 27.5 Å². The zero-order chi connectivity index (χ0) is 19.0. The summed E-state index contributed by atoms with van der Waals surface area (Å²) in [5.74, 6) is -0.609. The second-order valence-corrected chi connectivity index (χ2v) is 7.77. The van der Waals surface area contributed by atoms with E-state index < -0.39 is 10.0 Å². The summed E-state index contributed by atoms with van der Waals surface area (Å²) in [7, 11) is -2.43. The molecule has 0 saturated carbocycles. The van der Waals surface area contributed by atoms with Gasteiger partial charge in [0, 0.05) is 32.2 Å². The van der Waals surface area contributed by atoms with Crippen LogP contribution >= 0.6 is 0 Å². The molecule has 1 atom stereocenters. The van der Waals surface area contributed by atoms with Crippen LogP contribution in [0.25, 0.3) is 0 Å². The molecule has 8 nitrogen and oxygen atoms in total. The average molecular weight is 370 g/mol. The van der Waals surface area contributed by atoms with Crippen molar-refractivity contribution in [3.05, 3.63) is 24.3 Å². The summed E-state index contributed by atoms with van der Waals surface area (Å²) in [5.41, 5.74) is 0.504. The molecule has 1 aromatic rings. The molecule has 0 saturated heterocycles. The van der Waals surface area contributed by atoms with Crippen LogP contribution in [0.3, 0.4) is 0 Å². The molecule has 140 valence electrons. The van der Waals surface area contributed by atoms with Gasteiger partial charge in [-0.25, -0.2) is 8.42 Å². The van der Waals surface area contributed by atoms with E-state index in [1.54, 1.807) is 0 Å². The van der Waals surface area contributed by atoms with E-state index in [0.717, 1.165) is 10.8 Å². The molecule has 0 bridgehead atoms. The lowest BCUT2D eigenvalue weighted by Crippen LogP contribution is -2.43. The molecule has 0 radical (unpaired) electrons. The van der Waals surface area contributed by atoms with Gasteiger partial charge in [0.2, 0.25) is 21.8 Å². The van der Waals surface area contributed by atoms with Crippen LogP contribution in [0.5, 0.6) is 0 Å². The highest BCUT2D eigenvalue weighted by Crippen LogP contribution is 2.17. The summed E-state index contributed by atoms with van der Waals surface area (Å²) in [6, 6.07) is 5.89. The molecule has 0 heterocycles. The first-order chi connectivity index (χ1) is 11.7. The van der Waals surface area contributed by atoms with E-state index in [1.165, 1.54) is 38.2 Å². The molecule has 0 spiro atoms. The molecule has 3 N–H and O–H groups in total. The Bertz CT molecular complexity index is 689. The quantitative estimate of drug-likeness (QED) is 0.582. The highest BCUT2D eigenvalue weighted by molar-refractivity contribution is 7.89. The molecule has 0 unspecified atom stereocenters. The third kappa shape index (κ3) is 6.81. The summed E-state index contributed by atoms with van der Waals surface area (Å²) in [6.45, 7) is 6.21. The first-order valence-electron chi connectivity index (χ1n) is 8.01. The van der Waals surface area contributed by atoms with Crippen LogP contribution in [0, 0.1) is 0 Å². The molecule has 0 fully saturated rings. The molecule has 1 aromatic carbocycles. The third-order valence-corrected chi connectivity index (χ3v) is 5.22. The first kappa shape index (κ1) is 21.1. The number of benzene rings is 1. The number of nitrogens with zero attached hydrogens (tertiary/aromatic N) is 1. The van der Waals surface area contributed by atoms with E-state index >= 15 is 0 Å². The zero-order valence-electron chi connectivity index (χ0n) is 15.0. The fourth-order valence-corrected chi connectivity index (χ4v) is 3.25. The Balaban J connectivity index is 2.67. The van der Waals surface area contributed by atoms with Gasteiger partial charge in [0.05, 0.1) is 11.4 Å². The third-order valence-electron chi connectivity index (χ3n) is 3.41. The van der Waals surface area contributed by atoms with Crippen LogP contribution in [0.4, 0.5) is 5.69 Å². The largest absolute Gasteiger partial charge is 0.353 e. The Kier molecular flexibility index (Phi) is 8.01. The van der Waals surface area contributed by atoms with Crippen molar-refractivity contribution in [3.8, 4) is 0 Å². The van der Waals surface area contributed by atoms with Crippen molar-refractivity contribution in [3.63, 3.8) is 0 Å². The van der Waals surface area contributed by atoms with Crippen molar-refractivity contribution < 1.29 is 18.0 Å². The summed E-state index contributed by atoms with van der Waals surface area (Å²) < 4.78 is 26.0. The van der Waals surface area contributed by atoms with Crippen LogP contribution < -0.4 is 16.0 Å². The second-order valence-electron chi connectivity index (χ2n) is 5.73. The molecule has 2 amide bonds. The number of nitrogens with one attached hydrogen (secondary N) is 3. The number of carbonyl (C=O) groups excluding carboxylic acids is 2. The zero-order valence-corrected chi connectivity index (χ0v) is 15.8. The van der Waals surface area contributed by atoms with Crippen LogP contribution in [-0.2, 0) is 19.6 Å². The number of anilines is 1. The van der Waals surface area contributed by atoms with E-state index in [1.807, 2.05) is 13.8 Å². The van der Waals surface area contributed by atoms with E-state index in [-0.39, 0.29) is 29.3 Å². The van der Waals surface area contributed by atoms with Crippen LogP contribution in [-0.4, -0.2) is 57.3 Å². The summed E-state index contributed by atoms with van der Waals surface area (Å²) in [4.78, 5) is 23.0. The lowest BCUT2D eigenvalue weighted by atomic mass is 10.3. The molecule has 0 aliphatic heterocycles. The average Bonchev–Trinajstić information content (AvgIpc) is 2.53. The number of rotatable bonds is 9. The van der Waals surface area contributed by atoms with Crippen molar-refractivity contribution in [2.45, 2.75) is 31.7 Å². The normalized spacial score (nSPS) is 12.7. The van der Waals surface area contributed by atoms with Gasteiger partial charge in [-0.05, 0) is 37.7 Å². The summed E-state index contributed by atoms with van der Waals surface area (Å²) >= 11 is 0. The predicted molar refractivity (Wildman–Crippen MR) is 96.7 cm³/mol. The molecule has 0 aliphatic carbocycles. The fourth-order valence-electron chi connectivity index (χ4n) is 2.12. The molecule has 0 aromatic heterocycles. The number of likely N-dealkylation sites (N-methyl/N-ethyl adjacent to an activating group) is 2. The van der Waals surface area contributed by atoms with Crippen LogP contribution in [0.1, 0.15) is 20.8 Å². The second kappa shape index (κ2) is 9.50. The lowest BCUT2D eigenvalue weighted by molar-refractivity contribution is -0.121. The standard InChI is InChI=1S/C16H26N4O4S/c1-5-17-12(2)10-18-16(22)11-20(4)25(23,24)15-8-6-14(7-9-15)19-13(3)21/h6-9,12,17H,5,10-11H2,1-4H3,(H,18,22)(H,19,21)/t12-/m1/s1. The number of sulfonamides is 1. The van der Waals surface area contributed by atoms with Crippen molar-refractivity contribution in [2.24, 2.45) is 0 Å². The van der Waals surface area contributed by atoms with Gasteiger partial charge in [-0.3, -0.25) is 9.59 Å². The maximum atomic E-state index is 12.5. The first-order valence-corrected chi connectivity index (χ1v) is 9.45. The smallest absolute Gasteiger partial charge is 0.243 e. The van der Waals surface area contributed by atoms with Gasteiger partial charge < -0.3 is 16.0 Å². The van der Waals surface area contributed by atoms with Crippen LogP contribution in [0.2, 0.25) is 0 Å². The summed E-state index contributed by atoms with van der Waals surface area (Å²) in [5, 5.41) is 8.41. The Hall–Kier alpha value is -1.97. The van der Waals surface area contributed by atoms with Crippen molar-refractivity contribution in [2.75, 3.05) is 32.0 Å². The predicted octanol–water partition coefficient (Wildman–Crippen LogP) is 0.380. The van der Waals surface area contributed by atoms with Gasteiger partial charge >= 0.3 is 0 Å². The van der Waals surface area contributed by atoms with Gasteiger partial charge in [-0.2, -0.15) is 4.31 Å². The summed E-state index contributed by atoms with van der Waals surface area (Å²) in [6.07, 6.45) is 0.